The summed E-state index contributed by atoms with van der Waals surface area (Å²) in [5.41, 5.74) is 0.202. The Morgan fingerprint density at radius 1 is 1.22 bits per heavy atom. The van der Waals surface area contributed by atoms with Crippen molar-refractivity contribution in [3.63, 3.8) is 0 Å². The number of hydrogen-bond donors (Lipinski definition) is 3. The molecule has 1 heterocycles. The summed E-state index contributed by atoms with van der Waals surface area (Å²) in [7, 11) is 0. The number of hydrogen-bond acceptors (Lipinski definition) is 4. The van der Waals surface area contributed by atoms with Gasteiger partial charge in [0, 0.05) is 18.5 Å². The zero-order chi connectivity index (χ0) is 16.7. The quantitative estimate of drug-likeness (QED) is 0.706. The van der Waals surface area contributed by atoms with Gasteiger partial charge in [0.25, 0.3) is 5.91 Å². The Kier molecular flexibility index (Phi) is 5.87. The molecular formula is C16H17FN2O4. The van der Waals surface area contributed by atoms with Gasteiger partial charge in [-0.3, -0.25) is 9.59 Å². The van der Waals surface area contributed by atoms with Gasteiger partial charge in [0.15, 0.2) is 0 Å². The van der Waals surface area contributed by atoms with Gasteiger partial charge in [-0.15, -0.1) is 0 Å². The summed E-state index contributed by atoms with van der Waals surface area (Å²) in [6.45, 7) is -0.227. The molecule has 0 fully saturated rings. The summed E-state index contributed by atoms with van der Waals surface area (Å²) in [6, 6.07) is 7.34. The van der Waals surface area contributed by atoms with Crippen molar-refractivity contribution in [3.05, 3.63) is 59.8 Å². The number of furan rings is 1. The third-order valence-corrected chi connectivity index (χ3v) is 3.16. The number of rotatable bonds is 7. The van der Waals surface area contributed by atoms with Gasteiger partial charge in [0.2, 0.25) is 5.91 Å². The van der Waals surface area contributed by atoms with Crippen LogP contribution < -0.4 is 10.6 Å². The van der Waals surface area contributed by atoms with E-state index in [0.717, 1.165) is 17.9 Å². The molecule has 0 bridgehead atoms. The van der Waals surface area contributed by atoms with Gasteiger partial charge in [-0.25, -0.2) is 4.39 Å². The number of aliphatic hydroxyl groups excluding tert-OH is 1. The van der Waals surface area contributed by atoms with Crippen LogP contribution in [-0.4, -0.2) is 36.1 Å². The van der Waals surface area contributed by atoms with Gasteiger partial charge in [-0.2, -0.15) is 0 Å². The maximum atomic E-state index is 12.8. The number of nitrogens with one attached hydrogen (secondary N) is 2. The summed E-state index contributed by atoms with van der Waals surface area (Å²) in [6.07, 6.45) is 2.04. The summed E-state index contributed by atoms with van der Waals surface area (Å²) in [5.74, 6) is -0.808. The summed E-state index contributed by atoms with van der Waals surface area (Å²) in [4.78, 5) is 23.9. The fourth-order valence-corrected chi connectivity index (χ4v) is 1.92. The monoisotopic (exact) mass is 320 g/mol. The number of amides is 2. The molecule has 122 valence electrons. The van der Waals surface area contributed by atoms with E-state index in [0.29, 0.717) is 13.0 Å². The highest BCUT2D eigenvalue weighted by Gasteiger charge is 2.20. The van der Waals surface area contributed by atoms with E-state index in [1.54, 1.807) is 12.1 Å². The normalized spacial score (nSPS) is 11.7. The molecule has 2 aromatic rings. The Bertz CT molecular complexity index is 641. The van der Waals surface area contributed by atoms with Crippen LogP contribution in [-0.2, 0) is 11.2 Å². The molecule has 1 aromatic carbocycles. The highest BCUT2D eigenvalue weighted by molar-refractivity contribution is 5.97. The molecule has 23 heavy (non-hydrogen) atoms. The molecule has 0 aliphatic carbocycles. The lowest BCUT2D eigenvalue weighted by Crippen LogP contribution is -2.49. The maximum Gasteiger partial charge on any atom is 0.251 e. The molecule has 2 amide bonds. The molecule has 0 aliphatic heterocycles. The van der Waals surface area contributed by atoms with Crippen molar-refractivity contribution in [3.8, 4) is 0 Å². The lowest BCUT2D eigenvalue weighted by atomic mass is 10.2. The van der Waals surface area contributed by atoms with Crippen molar-refractivity contribution in [2.75, 3.05) is 13.2 Å². The second-order valence-electron chi connectivity index (χ2n) is 4.84. The Hall–Kier alpha value is -2.67. The molecule has 0 spiro atoms. The van der Waals surface area contributed by atoms with Gasteiger partial charge < -0.3 is 20.2 Å². The van der Waals surface area contributed by atoms with Crippen LogP contribution in [0.2, 0.25) is 0 Å². The number of benzene rings is 1. The van der Waals surface area contributed by atoms with E-state index in [2.05, 4.69) is 10.6 Å². The minimum atomic E-state index is -1.08. The van der Waals surface area contributed by atoms with Crippen molar-refractivity contribution in [1.29, 1.82) is 0 Å². The van der Waals surface area contributed by atoms with E-state index in [9.17, 15) is 19.1 Å². The number of carbonyl (C=O) groups is 2. The molecule has 0 unspecified atom stereocenters. The van der Waals surface area contributed by atoms with Crippen LogP contribution in [0.3, 0.4) is 0 Å². The van der Waals surface area contributed by atoms with Crippen LogP contribution >= 0.6 is 0 Å². The third kappa shape index (κ3) is 4.93. The van der Waals surface area contributed by atoms with E-state index in [-0.39, 0.29) is 5.56 Å². The zero-order valence-corrected chi connectivity index (χ0v) is 12.3. The van der Waals surface area contributed by atoms with Crippen molar-refractivity contribution in [2.45, 2.75) is 12.5 Å². The SMILES string of the molecule is O=C(N[C@@H](CO)C(=O)NCCc1ccco1)c1ccc(F)cc1. The number of carbonyl (C=O) groups excluding carboxylic acids is 2. The van der Waals surface area contributed by atoms with Crippen molar-refractivity contribution in [2.24, 2.45) is 0 Å². The smallest absolute Gasteiger partial charge is 0.251 e. The standard InChI is InChI=1S/C16H17FN2O4/c17-12-5-3-11(4-6-12)15(21)19-14(10-20)16(22)18-8-7-13-2-1-9-23-13/h1-6,9,14,20H,7-8,10H2,(H,18,22)(H,19,21)/t14-/m0/s1. The van der Waals surface area contributed by atoms with Crippen molar-refractivity contribution < 1.29 is 23.5 Å². The Labute approximate surface area is 132 Å². The average molecular weight is 320 g/mol. The predicted molar refractivity (Wildman–Crippen MR) is 80.2 cm³/mol. The molecule has 1 atom stereocenters. The molecule has 7 heteroatoms. The second kappa shape index (κ2) is 8.09. The maximum absolute atomic E-state index is 12.8. The van der Waals surface area contributed by atoms with Gasteiger partial charge in [0.05, 0.1) is 12.9 Å². The fraction of sp³-hybridized carbons (Fsp3) is 0.250. The Morgan fingerprint density at radius 2 is 1.96 bits per heavy atom. The first-order valence-electron chi connectivity index (χ1n) is 7.07. The number of halogens is 1. The molecule has 0 aliphatic rings. The van der Waals surface area contributed by atoms with Crippen LogP contribution in [0.15, 0.2) is 47.1 Å². The fourth-order valence-electron chi connectivity index (χ4n) is 1.92. The van der Waals surface area contributed by atoms with Crippen LogP contribution in [0, 0.1) is 5.82 Å². The highest BCUT2D eigenvalue weighted by atomic mass is 19.1. The second-order valence-corrected chi connectivity index (χ2v) is 4.84. The van der Waals surface area contributed by atoms with Gasteiger partial charge in [-0.05, 0) is 36.4 Å². The van der Waals surface area contributed by atoms with E-state index >= 15 is 0 Å². The van der Waals surface area contributed by atoms with E-state index < -0.39 is 30.3 Å². The van der Waals surface area contributed by atoms with Crippen LogP contribution in [0.1, 0.15) is 16.1 Å². The molecule has 0 saturated carbocycles. The molecule has 2 rings (SSSR count). The van der Waals surface area contributed by atoms with Crippen LogP contribution in [0.5, 0.6) is 0 Å². The molecule has 0 radical (unpaired) electrons. The van der Waals surface area contributed by atoms with Gasteiger partial charge in [-0.1, -0.05) is 0 Å². The molecular weight excluding hydrogens is 303 g/mol. The topological polar surface area (TPSA) is 91.6 Å². The largest absolute Gasteiger partial charge is 0.469 e. The lowest BCUT2D eigenvalue weighted by Gasteiger charge is -2.16. The van der Waals surface area contributed by atoms with Crippen molar-refractivity contribution in [1.82, 2.24) is 10.6 Å². The van der Waals surface area contributed by atoms with Gasteiger partial charge >= 0.3 is 0 Å². The first-order valence-corrected chi connectivity index (χ1v) is 7.07. The molecule has 0 saturated heterocycles. The van der Waals surface area contributed by atoms with Gasteiger partial charge in [0.1, 0.15) is 17.6 Å². The minimum Gasteiger partial charge on any atom is -0.469 e. The summed E-state index contributed by atoms with van der Waals surface area (Å²) < 4.78 is 18.0. The molecule has 3 N–H and O–H groups in total. The summed E-state index contributed by atoms with van der Waals surface area (Å²) in [5, 5.41) is 14.3. The number of aliphatic hydroxyl groups is 1. The first kappa shape index (κ1) is 16.7. The van der Waals surface area contributed by atoms with E-state index in [4.69, 9.17) is 4.42 Å². The first-order chi connectivity index (χ1) is 11.1. The van der Waals surface area contributed by atoms with E-state index in [1.807, 2.05) is 0 Å². The minimum absolute atomic E-state index is 0.202. The Morgan fingerprint density at radius 3 is 2.57 bits per heavy atom. The zero-order valence-electron chi connectivity index (χ0n) is 12.3. The lowest BCUT2D eigenvalue weighted by molar-refractivity contribution is -0.123. The highest BCUT2D eigenvalue weighted by Crippen LogP contribution is 2.03. The Balaban J connectivity index is 1.84. The predicted octanol–water partition coefficient (Wildman–Crippen LogP) is 0.868. The average Bonchev–Trinajstić information content (AvgIpc) is 3.06. The van der Waals surface area contributed by atoms with Crippen LogP contribution in [0.25, 0.3) is 0 Å². The molecule has 6 nitrogen and oxygen atoms in total. The van der Waals surface area contributed by atoms with Crippen LogP contribution in [0.4, 0.5) is 4.39 Å². The summed E-state index contributed by atoms with van der Waals surface area (Å²) >= 11 is 0. The molecule has 1 aromatic heterocycles. The third-order valence-electron chi connectivity index (χ3n) is 3.16. The van der Waals surface area contributed by atoms with E-state index in [1.165, 1.54) is 18.4 Å². The van der Waals surface area contributed by atoms with Crippen molar-refractivity contribution >= 4 is 11.8 Å².